The van der Waals surface area contributed by atoms with E-state index in [2.05, 4.69) is 0 Å². The minimum Gasteiger partial charge on any atom is -0.182 e. The van der Waals surface area contributed by atoms with Gasteiger partial charge < -0.3 is 0 Å². The van der Waals surface area contributed by atoms with E-state index in [-0.39, 0.29) is 0 Å². The summed E-state index contributed by atoms with van der Waals surface area (Å²) in [4.78, 5) is 0. The molecule has 0 spiro atoms. The summed E-state index contributed by atoms with van der Waals surface area (Å²) >= 11 is 0. The average Bonchev–Trinajstić information content (AvgIpc) is 2.04. The van der Waals surface area contributed by atoms with Crippen LogP contribution in [-0.4, -0.2) is 9.75 Å². The summed E-state index contributed by atoms with van der Waals surface area (Å²) in [6.45, 7) is 0. The second kappa shape index (κ2) is 6.41. The Kier molecular flexibility index (Phi) is 6.36. The van der Waals surface area contributed by atoms with Gasteiger partial charge in [0.2, 0.25) is 0 Å². The minimum atomic E-state index is -1.18. The summed E-state index contributed by atoms with van der Waals surface area (Å²) in [7, 11) is 21.1. The van der Waals surface area contributed by atoms with E-state index in [1.807, 2.05) is 3.71 Å². The summed E-state index contributed by atoms with van der Waals surface area (Å²) < 4.78 is 1.88. The zero-order chi connectivity index (χ0) is 9.84. The fraction of sp³-hybridized carbons (Fsp3) is 1.00. The maximum Gasteiger partial charge on any atom is 0.0322 e. The predicted octanol–water partition coefficient (Wildman–Crippen LogP) is 5.07. The molecule has 7 heteroatoms. The van der Waals surface area contributed by atoms with Crippen LogP contribution in [0.15, 0.2) is 0 Å². The van der Waals surface area contributed by atoms with Crippen LogP contribution < -0.4 is 0 Å². The molecule has 0 heterocycles. The lowest BCUT2D eigenvalue weighted by Gasteiger charge is -2.37. The highest BCUT2D eigenvalue weighted by Crippen LogP contribution is 2.58. The molecule has 13 heavy (non-hydrogen) atoms. The van der Waals surface area contributed by atoms with E-state index in [0.717, 1.165) is 12.8 Å². The van der Waals surface area contributed by atoms with E-state index in [1.54, 1.807) is 0 Å². The molecule has 1 aliphatic carbocycles. The lowest BCUT2D eigenvalue weighted by atomic mass is 9.96. The molecule has 0 saturated heterocycles. The van der Waals surface area contributed by atoms with Crippen LogP contribution in [0.2, 0.25) is 0 Å². The van der Waals surface area contributed by atoms with Gasteiger partial charge in [-0.2, -0.15) is 3.71 Å². The summed E-state index contributed by atoms with van der Waals surface area (Å²) in [6, 6.07) is 0.399. The molecule has 0 atom stereocenters. The third kappa shape index (κ3) is 4.06. The first-order valence-electron chi connectivity index (χ1n) is 4.15. The highest BCUT2D eigenvalue weighted by Gasteiger charge is 2.26. The fourth-order valence-corrected chi connectivity index (χ4v) is 8.14. The Morgan fingerprint density at radius 1 is 0.846 bits per heavy atom. The lowest BCUT2D eigenvalue weighted by molar-refractivity contribution is 0.364. The molecule has 82 valence electrons. The molecule has 0 aromatic heterocycles. The van der Waals surface area contributed by atoms with Crippen LogP contribution in [-0.2, 0) is 0 Å². The molecule has 0 aromatic rings. The number of hydrogen-bond donors (Lipinski definition) is 2. The van der Waals surface area contributed by atoms with Crippen molar-refractivity contribution in [2.75, 3.05) is 0 Å². The molecule has 0 radical (unpaired) electrons. The molecule has 1 saturated carbocycles. The number of hydrogen-bond acceptors (Lipinski definition) is 1. The maximum atomic E-state index is 5.88. The maximum absolute atomic E-state index is 5.88. The zero-order valence-electron chi connectivity index (χ0n) is 6.97. The molecule has 0 unspecified atom stereocenters. The van der Waals surface area contributed by atoms with Crippen LogP contribution in [0, 0.1) is 0 Å². The second-order valence-corrected chi connectivity index (χ2v) is 9.96. The van der Waals surface area contributed by atoms with E-state index in [9.17, 15) is 0 Å². The molecule has 0 bridgehead atoms. The van der Waals surface area contributed by atoms with E-state index in [0.29, 0.717) is 6.04 Å². The molecule has 1 nitrogen and oxygen atoms in total. The summed E-state index contributed by atoms with van der Waals surface area (Å²) in [5.41, 5.74) is 0. The zero-order valence-corrected chi connectivity index (χ0v) is 11.8. The van der Waals surface area contributed by atoms with Gasteiger partial charge in [-0.3, -0.25) is 0 Å². The van der Waals surface area contributed by atoms with Crippen LogP contribution >= 0.6 is 61.7 Å². The number of thiol groups is 2. The first-order valence-corrected chi connectivity index (χ1v) is 10.4. The van der Waals surface area contributed by atoms with Crippen LogP contribution in [0.1, 0.15) is 32.1 Å². The van der Waals surface area contributed by atoms with Gasteiger partial charge in [0, 0.05) is 6.04 Å². The largest absolute Gasteiger partial charge is 0.182 e. The van der Waals surface area contributed by atoms with Crippen molar-refractivity contribution in [3.63, 3.8) is 0 Å². The van der Waals surface area contributed by atoms with Gasteiger partial charge in [0.1, 0.15) is 0 Å². The van der Waals surface area contributed by atoms with Gasteiger partial charge in [0.05, 0.1) is 0 Å². The molecule has 0 amide bonds. The summed E-state index contributed by atoms with van der Waals surface area (Å²) in [5.74, 6) is 0. The molecular formula is C6H13Cl4NS2. The van der Waals surface area contributed by atoms with Crippen LogP contribution in [0.25, 0.3) is 0 Å². The van der Waals surface area contributed by atoms with Crippen molar-refractivity contribution < 1.29 is 0 Å². The Balaban J connectivity index is 2.52. The van der Waals surface area contributed by atoms with E-state index < -0.39 is 19.0 Å². The van der Waals surface area contributed by atoms with Gasteiger partial charge in [0.15, 0.2) is 0 Å². The standard InChI is InChI=1S/C6H13Cl4NS2/c7-12(8)11(13(9)10)6-4-2-1-3-5-6/h6,12-13H,1-5H2. The molecule has 0 aliphatic heterocycles. The monoisotopic (exact) mass is 303 g/mol. The quantitative estimate of drug-likeness (QED) is 0.689. The van der Waals surface area contributed by atoms with E-state index in [4.69, 9.17) is 42.7 Å². The minimum absolute atomic E-state index is 0.399. The van der Waals surface area contributed by atoms with Crippen molar-refractivity contribution in [1.82, 2.24) is 3.71 Å². The van der Waals surface area contributed by atoms with Crippen molar-refractivity contribution in [2.45, 2.75) is 38.1 Å². The van der Waals surface area contributed by atoms with Crippen molar-refractivity contribution in [3.8, 4) is 0 Å². The molecule has 0 aromatic carbocycles. The topological polar surface area (TPSA) is 3.24 Å². The highest BCUT2D eigenvalue weighted by molar-refractivity contribution is 8.62. The van der Waals surface area contributed by atoms with Gasteiger partial charge in [-0.15, -0.1) is 0 Å². The number of nitrogens with zero attached hydrogens (tertiary/aromatic N) is 1. The molecular weight excluding hydrogens is 292 g/mol. The third-order valence-corrected chi connectivity index (χ3v) is 7.78. The first-order chi connectivity index (χ1) is 6.13. The highest BCUT2D eigenvalue weighted by atomic mass is 36.0. The third-order valence-electron chi connectivity index (χ3n) is 2.21. The normalized spacial score (nSPS) is 21.9. The molecule has 1 fully saturated rings. The van der Waals surface area contributed by atoms with Crippen molar-refractivity contribution >= 4 is 61.7 Å². The van der Waals surface area contributed by atoms with E-state index in [1.165, 1.54) is 19.3 Å². The van der Waals surface area contributed by atoms with Gasteiger partial charge in [-0.05, 0) is 74.6 Å². The van der Waals surface area contributed by atoms with Crippen LogP contribution in [0.4, 0.5) is 0 Å². The summed E-state index contributed by atoms with van der Waals surface area (Å²) in [6.07, 6.45) is 6.01. The Labute approximate surface area is 103 Å². The number of rotatable bonds is 3. The van der Waals surface area contributed by atoms with Crippen molar-refractivity contribution in [1.29, 1.82) is 0 Å². The molecule has 1 aliphatic rings. The fourth-order valence-electron chi connectivity index (χ4n) is 1.61. The van der Waals surface area contributed by atoms with Gasteiger partial charge in [0.25, 0.3) is 0 Å². The van der Waals surface area contributed by atoms with Gasteiger partial charge in [-0.1, -0.05) is 19.3 Å². The summed E-state index contributed by atoms with van der Waals surface area (Å²) in [5, 5.41) is 0. The SMILES string of the molecule is Cl[SH](Cl)N(C1CCCCC1)[SH](Cl)Cl. The molecule has 0 N–H and O–H groups in total. The Morgan fingerprint density at radius 3 is 1.69 bits per heavy atom. The van der Waals surface area contributed by atoms with Crippen molar-refractivity contribution in [3.05, 3.63) is 0 Å². The predicted molar refractivity (Wildman–Crippen MR) is 70.1 cm³/mol. The van der Waals surface area contributed by atoms with E-state index >= 15 is 0 Å². The first kappa shape index (κ1) is 12.9. The molecule has 1 rings (SSSR count). The van der Waals surface area contributed by atoms with Crippen LogP contribution in [0.3, 0.4) is 0 Å². The lowest BCUT2D eigenvalue weighted by Crippen LogP contribution is -2.27. The Hall–Kier alpha value is 1.82. The van der Waals surface area contributed by atoms with Gasteiger partial charge >= 0.3 is 0 Å². The van der Waals surface area contributed by atoms with Crippen molar-refractivity contribution in [2.24, 2.45) is 0 Å². The Morgan fingerprint density at radius 2 is 1.31 bits per heavy atom. The second-order valence-electron chi connectivity index (χ2n) is 3.04. The Bertz CT molecular complexity index is 144. The smallest absolute Gasteiger partial charge is 0.0322 e. The number of halogens is 4. The van der Waals surface area contributed by atoms with Gasteiger partial charge in [-0.25, -0.2) is 0 Å². The van der Waals surface area contributed by atoms with Crippen LogP contribution in [0.5, 0.6) is 0 Å². The average molecular weight is 305 g/mol.